The largest absolute Gasteiger partial charge is 0.493 e. The molecule has 0 radical (unpaired) electrons. The molecule has 36 heavy (non-hydrogen) atoms. The number of esters is 3. The first-order chi connectivity index (χ1) is 16.9. The van der Waals surface area contributed by atoms with Crippen LogP contribution in [0.2, 0.25) is 0 Å². The van der Waals surface area contributed by atoms with Crippen molar-refractivity contribution in [1.82, 2.24) is 4.57 Å². The first-order valence-electron chi connectivity index (χ1n) is 10.3. The molecule has 1 aromatic carbocycles. The fourth-order valence-corrected chi connectivity index (χ4v) is 3.78. The zero-order valence-electron chi connectivity index (χ0n) is 19.1. The van der Waals surface area contributed by atoms with Crippen LogP contribution in [0, 0.1) is 10.1 Å². The molecular weight excluding hydrogens is 502 g/mol. The van der Waals surface area contributed by atoms with Crippen LogP contribution in [-0.4, -0.2) is 62.5 Å². The summed E-state index contributed by atoms with van der Waals surface area (Å²) in [6.07, 6.45) is -5.18. The molecule has 1 aromatic heterocycles. The second-order valence-electron chi connectivity index (χ2n) is 7.55. The average molecular weight is 523 g/mol. The number of nitrogens with two attached hydrogens (primary N) is 1. The van der Waals surface area contributed by atoms with Gasteiger partial charge in [-0.25, -0.2) is 0 Å². The van der Waals surface area contributed by atoms with E-state index in [1.54, 1.807) is 0 Å². The molecule has 1 aliphatic heterocycles. The SMILES string of the molecule is CC(=O)OC[C@H]1O[C@@H](n2c(O)c(N=NC(N)=S)c3ccc([N+](=O)[O-])cc32)[C@@H](OC(C)=O)[C@@H]1OC(C)=O. The van der Waals surface area contributed by atoms with Crippen LogP contribution in [0.1, 0.15) is 27.0 Å². The van der Waals surface area contributed by atoms with Gasteiger partial charge < -0.3 is 29.8 Å². The van der Waals surface area contributed by atoms with Crippen molar-refractivity contribution in [3.05, 3.63) is 28.3 Å². The lowest BCUT2D eigenvalue weighted by Gasteiger charge is -2.24. The molecule has 4 atom stereocenters. The molecule has 15 nitrogen and oxygen atoms in total. The summed E-state index contributed by atoms with van der Waals surface area (Å²) >= 11 is 4.68. The van der Waals surface area contributed by atoms with Gasteiger partial charge in [0.15, 0.2) is 24.1 Å². The number of benzene rings is 1. The number of aromatic hydroxyl groups is 1. The van der Waals surface area contributed by atoms with Gasteiger partial charge in [-0.15, -0.1) is 10.2 Å². The van der Waals surface area contributed by atoms with E-state index in [9.17, 15) is 29.6 Å². The van der Waals surface area contributed by atoms with Crippen LogP contribution >= 0.6 is 12.2 Å². The highest BCUT2D eigenvalue weighted by Crippen LogP contribution is 2.46. The van der Waals surface area contributed by atoms with Gasteiger partial charge in [0, 0.05) is 38.3 Å². The predicted molar refractivity (Wildman–Crippen MR) is 123 cm³/mol. The van der Waals surface area contributed by atoms with Crippen molar-refractivity contribution < 1.29 is 43.4 Å². The number of nitro benzene ring substituents is 1. The molecule has 2 heterocycles. The minimum absolute atomic E-state index is 0.0375. The number of hydrogen-bond donors (Lipinski definition) is 2. The van der Waals surface area contributed by atoms with Gasteiger partial charge in [-0.1, -0.05) is 0 Å². The Bertz CT molecular complexity index is 1280. The summed E-state index contributed by atoms with van der Waals surface area (Å²) in [5.74, 6) is -2.79. The Morgan fingerprint density at radius 1 is 1.19 bits per heavy atom. The summed E-state index contributed by atoms with van der Waals surface area (Å²) in [6, 6.07) is 3.62. The maximum atomic E-state index is 11.9. The first kappa shape index (κ1) is 26.4. The van der Waals surface area contributed by atoms with Crippen LogP contribution in [-0.2, 0) is 33.3 Å². The molecule has 3 rings (SSSR count). The molecule has 0 unspecified atom stereocenters. The fraction of sp³-hybridized carbons (Fsp3) is 0.400. The molecule has 1 aliphatic rings. The van der Waals surface area contributed by atoms with Gasteiger partial charge in [0.05, 0.1) is 10.4 Å². The van der Waals surface area contributed by atoms with Gasteiger partial charge in [0.1, 0.15) is 12.7 Å². The maximum Gasteiger partial charge on any atom is 0.303 e. The van der Waals surface area contributed by atoms with Crippen molar-refractivity contribution >= 4 is 57.5 Å². The van der Waals surface area contributed by atoms with E-state index in [0.29, 0.717) is 0 Å². The molecule has 0 spiro atoms. The number of fused-ring (bicyclic) bond motifs is 1. The van der Waals surface area contributed by atoms with E-state index >= 15 is 0 Å². The lowest BCUT2D eigenvalue weighted by Crippen LogP contribution is -2.40. The zero-order chi connectivity index (χ0) is 26.7. The van der Waals surface area contributed by atoms with Crippen molar-refractivity contribution in [2.75, 3.05) is 6.61 Å². The minimum atomic E-state index is -1.41. The van der Waals surface area contributed by atoms with Crippen LogP contribution in [0.5, 0.6) is 5.88 Å². The number of aromatic nitrogens is 1. The van der Waals surface area contributed by atoms with E-state index in [0.717, 1.165) is 31.4 Å². The molecular formula is C20H21N5O10S. The van der Waals surface area contributed by atoms with E-state index in [1.165, 1.54) is 12.1 Å². The fourth-order valence-electron chi connectivity index (χ4n) is 3.74. The summed E-state index contributed by atoms with van der Waals surface area (Å²) in [7, 11) is 0. The van der Waals surface area contributed by atoms with Crippen LogP contribution in [0.4, 0.5) is 11.4 Å². The standard InChI is InChI=1S/C20H21N5O10S/c1-8(26)32-7-14-16(33-9(2)27)17(34-10(3)28)19(35-14)24-13-6-11(25(30)31)4-5-12(13)15(18(24)29)22-23-20(21)36/h4-6,14,16-17,19,29H,7H2,1-3H3,(H2,21,36)/t14-,16-,17+,19-/m1/s1. The van der Waals surface area contributed by atoms with Crippen molar-refractivity contribution in [2.24, 2.45) is 16.0 Å². The van der Waals surface area contributed by atoms with E-state index in [1.807, 2.05) is 0 Å². The van der Waals surface area contributed by atoms with E-state index < -0.39 is 59.9 Å². The molecule has 0 saturated carbocycles. The number of nitrogens with zero attached hydrogens (tertiary/aromatic N) is 4. The summed E-state index contributed by atoms with van der Waals surface area (Å²) in [6.45, 7) is 2.97. The van der Waals surface area contributed by atoms with Crippen molar-refractivity contribution in [3.8, 4) is 5.88 Å². The lowest BCUT2D eigenvalue weighted by atomic mass is 10.1. The van der Waals surface area contributed by atoms with Gasteiger partial charge in [-0.05, 0) is 18.3 Å². The quantitative estimate of drug-likeness (QED) is 0.133. The third-order valence-corrected chi connectivity index (χ3v) is 5.07. The number of carbonyl (C=O) groups excluding carboxylic acids is 3. The minimum Gasteiger partial charge on any atom is -0.493 e. The second-order valence-corrected chi connectivity index (χ2v) is 7.97. The van der Waals surface area contributed by atoms with E-state index in [-0.39, 0.29) is 27.4 Å². The van der Waals surface area contributed by atoms with Gasteiger partial charge >= 0.3 is 17.9 Å². The number of rotatable bonds is 7. The molecule has 1 saturated heterocycles. The van der Waals surface area contributed by atoms with E-state index in [4.69, 9.17) is 24.7 Å². The molecule has 16 heteroatoms. The Morgan fingerprint density at radius 3 is 2.39 bits per heavy atom. The Morgan fingerprint density at radius 2 is 1.83 bits per heavy atom. The maximum absolute atomic E-state index is 11.9. The van der Waals surface area contributed by atoms with Crippen molar-refractivity contribution in [2.45, 2.75) is 45.3 Å². The normalized spacial score (nSPS) is 21.4. The van der Waals surface area contributed by atoms with Crippen LogP contribution in [0.3, 0.4) is 0 Å². The highest BCUT2D eigenvalue weighted by molar-refractivity contribution is 7.80. The number of ether oxygens (including phenoxy) is 4. The zero-order valence-corrected chi connectivity index (χ0v) is 20.0. The molecule has 0 amide bonds. The average Bonchev–Trinajstić information content (AvgIpc) is 3.23. The Labute approximate surface area is 207 Å². The molecule has 0 bridgehead atoms. The third kappa shape index (κ3) is 5.55. The van der Waals surface area contributed by atoms with Crippen LogP contribution in [0.15, 0.2) is 28.4 Å². The Kier molecular flexibility index (Phi) is 7.79. The highest BCUT2D eigenvalue weighted by atomic mass is 32.1. The summed E-state index contributed by atoms with van der Waals surface area (Å²) in [4.78, 5) is 45.9. The number of azo groups is 1. The summed E-state index contributed by atoms with van der Waals surface area (Å²) in [5.41, 5.74) is 4.90. The van der Waals surface area contributed by atoms with Gasteiger partial charge in [0.2, 0.25) is 11.0 Å². The summed E-state index contributed by atoms with van der Waals surface area (Å²) in [5, 5.41) is 29.7. The van der Waals surface area contributed by atoms with Crippen molar-refractivity contribution in [3.63, 3.8) is 0 Å². The topological polar surface area (TPSA) is 207 Å². The Hall–Kier alpha value is -4.18. The number of hydrogen-bond acceptors (Lipinski definition) is 12. The number of thiocarbonyl (C=S) groups is 1. The third-order valence-electron chi connectivity index (χ3n) is 4.99. The Balaban J connectivity index is 2.24. The molecule has 192 valence electrons. The van der Waals surface area contributed by atoms with Crippen LogP contribution in [0.25, 0.3) is 10.9 Å². The molecule has 1 fully saturated rings. The van der Waals surface area contributed by atoms with Gasteiger partial charge in [0.25, 0.3) is 5.69 Å². The van der Waals surface area contributed by atoms with Crippen molar-refractivity contribution in [1.29, 1.82) is 0 Å². The smallest absolute Gasteiger partial charge is 0.303 e. The summed E-state index contributed by atoms with van der Waals surface area (Å²) < 4.78 is 22.7. The van der Waals surface area contributed by atoms with Gasteiger partial charge in [-0.3, -0.25) is 29.1 Å². The van der Waals surface area contributed by atoms with Crippen LogP contribution < -0.4 is 5.73 Å². The second kappa shape index (κ2) is 10.6. The predicted octanol–water partition coefficient (Wildman–Crippen LogP) is 1.91. The lowest BCUT2D eigenvalue weighted by molar-refractivity contribution is -0.384. The van der Waals surface area contributed by atoms with Gasteiger partial charge in [-0.2, -0.15) is 0 Å². The molecule has 3 N–H and O–H groups in total. The number of non-ortho nitro benzene ring substituents is 1. The number of nitro groups is 1. The highest BCUT2D eigenvalue weighted by Gasteiger charge is 2.51. The monoisotopic (exact) mass is 523 g/mol. The molecule has 2 aromatic rings. The number of carbonyl (C=O) groups is 3. The first-order valence-corrected chi connectivity index (χ1v) is 10.7. The van der Waals surface area contributed by atoms with E-state index in [2.05, 4.69) is 22.4 Å². The molecule has 0 aliphatic carbocycles.